The van der Waals surface area contributed by atoms with Crippen molar-refractivity contribution in [3.8, 4) is 0 Å². The molecule has 25 heavy (non-hydrogen) atoms. The van der Waals surface area contributed by atoms with E-state index >= 15 is 0 Å². The Bertz CT molecular complexity index is 712. The normalized spacial score (nSPS) is 11.0. The number of hydrogen-bond donors (Lipinski definition) is 2. The number of nitrogens with one attached hydrogen (secondary N) is 2. The van der Waals surface area contributed by atoms with Crippen molar-refractivity contribution in [3.63, 3.8) is 0 Å². The number of aryl methyl sites for hydroxylation is 1. The molecule has 2 amide bonds. The Morgan fingerprint density at radius 2 is 1.48 bits per heavy atom. The van der Waals surface area contributed by atoms with E-state index in [9.17, 15) is 9.59 Å². The number of carbonyl (C=O) groups is 2. The zero-order valence-corrected chi connectivity index (χ0v) is 14.4. The summed E-state index contributed by atoms with van der Waals surface area (Å²) < 4.78 is 0. The summed E-state index contributed by atoms with van der Waals surface area (Å²) in [7, 11) is 0. The van der Waals surface area contributed by atoms with Gasteiger partial charge in [-0.15, -0.1) is 0 Å². The van der Waals surface area contributed by atoms with E-state index in [0.29, 0.717) is 19.3 Å². The molecule has 2 N–H and O–H groups in total. The first-order valence-corrected chi connectivity index (χ1v) is 8.30. The summed E-state index contributed by atoms with van der Waals surface area (Å²) in [6.45, 7) is 1.78. The van der Waals surface area contributed by atoms with Crippen LogP contribution in [0.15, 0.2) is 65.8 Å². The highest BCUT2D eigenvalue weighted by Gasteiger charge is 2.05. The summed E-state index contributed by atoms with van der Waals surface area (Å²) >= 11 is 0. The third-order valence-electron chi connectivity index (χ3n) is 3.60. The smallest absolute Gasteiger partial charge is 0.259 e. The van der Waals surface area contributed by atoms with Crippen molar-refractivity contribution >= 4 is 17.5 Å². The van der Waals surface area contributed by atoms with Crippen molar-refractivity contribution < 1.29 is 9.59 Å². The fraction of sp³-hybridized carbons (Fsp3) is 0.250. The monoisotopic (exact) mass is 337 g/mol. The van der Waals surface area contributed by atoms with E-state index in [4.69, 9.17) is 0 Å². The average Bonchev–Trinajstić information content (AvgIpc) is 2.64. The molecule has 0 fully saturated rings. The summed E-state index contributed by atoms with van der Waals surface area (Å²) in [5.41, 5.74) is 5.50. The molecule has 0 aliphatic heterocycles. The zero-order chi connectivity index (χ0) is 17.9. The number of benzene rings is 2. The number of rotatable bonds is 8. The number of amides is 2. The van der Waals surface area contributed by atoms with E-state index in [1.165, 1.54) is 0 Å². The maximum atomic E-state index is 11.8. The van der Waals surface area contributed by atoms with Crippen molar-refractivity contribution in [2.24, 2.45) is 5.10 Å². The highest BCUT2D eigenvalue weighted by atomic mass is 16.2. The van der Waals surface area contributed by atoms with Crippen LogP contribution in [-0.4, -0.2) is 24.1 Å². The van der Waals surface area contributed by atoms with Crippen molar-refractivity contribution in [2.75, 3.05) is 6.54 Å². The Labute approximate surface area is 148 Å². The molecule has 0 aromatic heterocycles. The maximum Gasteiger partial charge on any atom is 0.259 e. The van der Waals surface area contributed by atoms with Crippen LogP contribution < -0.4 is 10.7 Å². The third kappa shape index (κ3) is 7.44. The fourth-order valence-electron chi connectivity index (χ4n) is 2.30. The molecule has 5 nitrogen and oxygen atoms in total. The summed E-state index contributed by atoms with van der Waals surface area (Å²) in [6, 6.07) is 19.7. The lowest BCUT2D eigenvalue weighted by atomic mass is 10.1. The molecule has 0 spiro atoms. The molecule has 2 aromatic rings. The minimum atomic E-state index is -0.333. The largest absolute Gasteiger partial charge is 0.347 e. The summed E-state index contributed by atoms with van der Waals surface area (Å²) in [5.74, 6) is -0.482. The van der Waals surface area contributed by atoms with Crippen LogP contribution in [0.4, 0.5) is 0 Å². The Balaban J connectivity index is 1.66. The molecule has 5 heteroatoms. The standard InChI is InChI=1S/C20H23N3O2/c1-16(14-18-10-6-3-7-11-18)22-23-20(25)15-21-19(24)13-12-17-8-4-2-5-9-17/h2-11H,12-15H2,1H3,(H,21,24)(H,23,25). The molecule has 0 radical (unpaired) electrons. The molecule has 2 aromatic carbocycles. The predicted molar refractivity (Wildman–Crippen MR) is 99.2 cm³/mol. The van der Waals surface area contributed by atoms with Gasteiger partial charge in [0.15, 0.2) is 0 Å². The molecule has 0 saturated carbocycles. The molecule has 0 aliphatic rings. The van der Waals surface area contributed by atoms with E-state index in [1.807, 2.05) is 67.6 Å². The molecule has 0 unspecified atom stereocenters. The lowest BCUT2D eigenvalue weighted by molar-refractivity contribution is -0.126. The number of carbonyl (C=O) groups excluding carboxylic acids is 2. The molecule has 0 saturated heterocycles. The molecule has 0 heterocycles. The minimum absolute atomic E-state index is 0.0737. The van der Waals surface area contributed by atoms with Gasteiger partial charge < -0.3 is 5.32 Å². The number of hydrogen-bond acceptors (Lipinski definition) is 3. The molecule has 0 bridgehead atoms. The van der Waals surface area contributed by atoms with Crippen molar-refractivity contribution in [3.05, 3.63) is 71.8 Å². The lowest BCUT2D eigenvalue weighted by Crippen LogP contribution is -2.35. The third-order valence-corrected chi connectivity index (χ3v) is 3.60. The van der Waals surface area contributed by atoms with Crippen LogP contribution in [0.2, 0.25) is 0 Å². The lowest BCUT2D eigenvalue weighted by Gasteiger charge is -2.05. The van der Waals surface area contributed by atoms with Gasteiger partial charge in [-0.2, -0.15) is 5.10 Å². The van der Waals surface area contributed by atoms with Gasteiger partial charge in [-0.1, -0.05) is 60.7 Å². The van der Waals surface area contributed by atoms with Crippen LogP contribution in [0.3, 0.4) is 0 Å². The summed E-state index contributed by atoms with van der Waals surface area (Å²) in [4.78, 5) is 23.5. The van der Waals surface area contributed by atoms with E-state index in [1.54, 1.807) is 0 Å². The van der Waals surface area contributed by atoms with Gasteiger partial charge in [0.2, 0.25) is 5.91 Å². The maximum absolute atomic E-state index is 11.8. The van der Waals surface area contributed by atoms with Crippen LogP contribution in [0.1, 0.15) is 24.5 Å². The Morgan fingerprint density at radius 1 is 0.880 bits per heavy atom. The molecule has 2 rings (SSSR count). The zero-order valence-electron chi connectivity index (χ0n) is 14.4. The minimum Gasteiger partial charge on any atom is -0.347 e. The van der Waals surface area contributed by atoms with Gasteiger partial charge in [0, 0.05) is 18.6 Å². The van der Waals surface area contributed by atoms with Gasteiger partial charge in [-0.05, 0) is 24.5 Å². The Kier molecular flexibility index (Phi) is 7.38. The fourth-order valence-corrected chi connectivity index (χ4v) is 2.30. The molecular formula is C20H23N3O2. The van der Waals surface area contributed by atoms with Gasteiger partial charge in [-0.25, -0.2) is 5.43 Å². The van der Waals surface area contributed by atoms with Crippen molar-refractivity contribution in [1.82, 2.24) is 10.7 Å². The SMILES string of the molecule is CC(Cc1ccccc1)=NNC(=O)CNC(=O)CCc1ccccc1. The summed E-state index contributed by atoms with van der Waals surface area (Å²) in [6.07, 6.45) is 1.68. The van der Waals surface area contributed by atoms with Crippen LogP contribution in [0, 0.1) is 0 Å². The van der Waals surface area contributed by atoms with Gasteiger partial charge in [0.05, 0.1) is 6.54 Å². The Morgan fingerprint density at radius 3 is 2.12 bits per heavy atom. The van der Waals surface area contributed by atoms with Crippen LogP contribution in [0.5, 0.6) is 0 Å². The van der Waals surface area contributed by atoms with Crippen molar-refractivity contribution in [1.29, 1.82) is 0 Å². The van der Waals surface area contributed by atoms with E-state index in [0.717, 1.165) is 16.8 Å². The molecule has 0 aliphatic carbocycles. The Hall–Kier alpha value is -2.95. The predicted octanol–water partition coefficient (Wildman–Crippen LogP) is 2.47. The van der Waals surface area contributed by atoms with Gasteiger partial charge in [0.25, 0.3) is 5.91 Å². The highest BCUT2D eigenvalue weighted by Crippen LogP contribution is 2.02. The van der Waals surface area contributed by atoms with E-state index in [2.05, 4.69) is 15.8 Å². The average molecular weight is 337 g/mol. The second kappa shape index (κ2) is 10.0. The first-order valence-electron chi connectivity index (χ1n) is 8.30. The number of nitrogens with zero attached hydrogens (tertiary/aromatic N) is 1. The van der Waals surface area contributed by atoms with Gasteiger partial charge >= 0.3 is 0 Å². The number of hydrazone groups is 1. The quantitative estimate of drug-likeness (QED) is 0.574. The molecule has 130 valence electrons. The second-order valence-electron chi connectivity index (χ2n) is 5.81. The second-order valence-corrected chi connectivity index (χ2v) is 5.81. The van der Waals surface area contributed by atoms with Gasteiger partial charge in [-0.3, -0.25) is 9.59 Å². The first kappa shape index (κ1) is 18.4. The highest BCUT2D eigenvalue weighted by molar-refractivity contribution is 5.88. The van der Waals surface area contributed by atoms with Crippen LogP contribution >= 0.6 is 0 Å². The first-order chi connectivity index (χ1) is 12.1. The topological polar surface area (TPSA) is 70.6 Å². The van der Waals surface area contributed by atoms with Crippen LogP contribution in [0.25, 0.3) is 0 Å². The van der Waals surface area contributed by atoms with Crippen LogP contribution in [-0.2, 0) is 22.4 Å². The van der Waals surface area contributed by atoms with E-state index < -0.39 is 0 Å². The van der Waals surface area contributed by atoms with E-state index in [-0.39, 0.29) is 18.4 Å². The van der Waals surface area contributed by atoms with Gasteiger partial charge in [0.1, 0.15) is 0 Å². The molecule has 0 atom stereocenters. The summed E-state index contributed by atoms with van der Waals surface area (Å²) in [5, 5.41) is 6.66. The molecular weight excluding hydrogens is 314 g/mol. The van der Waals surface area contributed by atoms with Crippen molar-refractivity contribution in [2.45, 2.75) is 26.2 Å².